The first kappa shape index (κ1) is 16.0. The predicted octanol–water partition coefficient (Wildman–Crippen LogP) is 2.84. The highest BCUT2D eigenvalue weighted by Crippen LogP contribution is 2.22. The monoisotopic (exact) mass is 344 g/mol. The van der Waals surface area contributed by atoms with E-state index in [0.717, 1.165) is 4.88 Å². The van der Waals surface area contributed by atoms with Gasteiger partial charge in [-0.1, -0.05) is 11.6 Å². The Hall–Kier alpha value is -1.41. The molecule has 0 aliphatic heterocycles. The zero-order chi connectivity index (χ0) is 15.5. The van der Waals surface area contributed by atoms with Gasteiger partial charge in [-0.2, -0.15) is 0 Å². The largest absolute Gasteiger partial charge is 0.326 e. The lowest BCUT2D eigenvalue weighted by Crippen LogP contribution is -2.22. The molecule has 1 aromatic heterocycles. The molecule has 0 saturated carbocycles. The lowest BCUT2D eigenvalue weighted by molar-refractivity contribution is -0.114. The first-order chi connectivity index (χ1) is 9.87. The molecule has 0 aliphatic rings. The number of anilines is 1. The minimum absolute atomic E-state index is 0.138. The van der Waals surface area contributed by atoms with Crippen molar-refractivity contribution in [3.05, 3.63) is 45.6 Å². The number of amides is 1. The van der Waals surface area contributed by atoms with Crippen LogP contribution in [0.15, 0.2) is 41.3 Å². The number of carbonyl (C=O) groups is 1. The van der Waals surface area contributed by atoms with E-state index >= 15 is 0 Å². The van der Waals surface area contributed by atoms with E-state index in [1.54, 1.807) is 12.1 Å². The van der Waals surface area contributed by atoms with Crippen molar-refractivity contribution in [1.29, 1.82) is 0 Å². The van der Waals surface area contributed by atoms with Gasteiger partial charge >= 0.3 is 0 Å². The summed E-state index contributed by atoms with van der Waals surface area (Å²) in [4.78, 5) is 11.9. The zero-order valence-electron chi connectivity index (χ0n) is 11.1. The van der Waals surface area contributed by atoms with Crippen LogP contribution in [0.5, 0.6) is 0 Å². The summed E-state index contributed by atoms with van der Waals surface area (Å²) in [5.41, 5.74) is 0.548. The van der Waals surface area contributed by atoms with Crippen LogP contribution in [0.4, 0.5) is 5.69 Å². The average molecular weight is 345 g/mol. The number of rotatable bonds is 5. The van der Waals surface area contributed by atoms with Crippen LogP contribution in [0.3, 0.4) is 0 Å². The standard InChI is InChI=1S/C13H13ClN2O3S2/c1-9(17)16-10-2-5-12(6-3-10)21(18,19)15-8-11-4-7-13(14)20-11/h2-7,15H,8H2,1H3,(H,16,17). The lowest BCUT2D eigenvalue weighted by Gasteiger charge is -2.07. The summed E-state index contributed by atoms with van der Waals surface area (Å²) in [5, 5.41) is 2.58. The number of hydrogen-bond acceptors (Lipinski definition) is 4. The molecule has 1 amide bonds. The van der Waals surface area contributed by atoms with Crippen LogP contribution in [0.2, 0.25) is 4.34 Å². The Balaban J connectivity index is 2.06. The van der Waals surface area contributed by atoms with Gasteiger partial charge in [0.2, 0.25) is 15.9 Å². The van der Waals surface area contributed by atoms with Crippen molar-refractivity contribution >= 4 is 44.6 Å². The van der Waals surface area contributed by atoms with Gasteiger partial charge in [0.15, 0.2) is 0 Å². The fraction of sp³-hybridized carbons (Fsp3) is 0.154. The molecule has 5 nitrogen and oxygen atoms in total. The van der Waals surface area contributed by atoms with Crippen LogP contribution in [0.1, 0.15) is 11.8 Å². The van der Waals surface area contributed by atoms with E-state index in [-0.39, 0.29) is 17.3 Å². The molecule has 0 atom stereocenters. The number of benzene rings is 1. The van der Waals surface area contributed by atoms with E-state index in [2.05, 4.69) is 10.0 Å². The van der Waals surface area contributed by atoms with Crippen molar-refractivity contribution in [3.8, 4) is 0 Å². The highest BCUT2D eigenvalue weighted by molar-refractivity contribution is 7.89. The van der Waals surface area contributed by atoms with E-state index < -0.39 is 10.0 Å². The molecule has 2 rings (SSSR count). The van der Waals surface area contributed by atoms with Crippen LogP contribution >= 0.6 is 22.9 Å². The molecule has 0 radical (unpaired) electrons. The fourth-order valence-electron chi connectivity index (χ4n) is 1.62. The number of carbonyl (C=O) groups excluding carboxylic acids is 1. The summed E-state index contributed by atoms with van der Waals surface area (Å²) >= 11 is 7.12. The average Bonchev–Trinajstić information content (AvgIpc) is 2.82. The Morgan fingerprint density at radius 3 is 2.38 bits per heavy atom. The van der Waals surface area contributed by atoms with Gasteiger partial charge in [0.25, 0.3) is 0 Å². The summed E-state index contributed by atoms with van der Waals surface area (Å²) < 4.78 is 27.4. The van der Waals surface area contributed by atoms with Crippen molar-refractivity contribution in [2.24, 2.45) is 0 Å². The molecule has 1 aromatic carbocycles. The maximum absolute atomic E-state index is 12.1. The van der Waals surface area contributed by atoms with Gasteiger partial charge in [0.05, 0.1) is 9.23 Å². The van der Waals surface area contributed by atoms with Gasteiger partial charge in [0, 0.05) is 24.0 Å². The number of hydrogen-bond donors (Lipinski definition) is 2. The summed E-state index contributed by atoms with van der Waals surface area (Å²) in [6.45, 7) is 1.57. The zero-order valence-corrected chi connectivity index (χ0v) is 13.5. The maximum Gasteiger partial charge on any atom is 0.240 e. The van der Waals surface area contributed by atoms with Crippen molar-refractivity contribution in [2.75, 3.05) is 5.32 Å². The van der Waals surface area contributed by atoms with Crippen LogP contribution in [-0.2, 0) is 21.4 Å². The molecular formula is C13H13ClN2O3S2. The number of nitrogens with one attached hydrogen (secondary N) is 2. The molecule has 0 spiro atoms. The molecule has 0 fully saturated rings. The second-order valence-electron chi connectivity index (χ2n) is 4.24. The van der Waals surface area contributed by atoms with Crippen LogP contribution in [0, 0.1) is 0 Å². The van der Waals surface area contributed by atoms with Gasteiger partial charge in [-0.15, -0.1) is 11.3 Å². The Labute approximate surface area is 132 Å². The van der Waals surface area contributed by atoms with Crippen molar-refractivity contribution in [2.45, 2.75) is 18.4 Å². The van der Waals surface area contributed by atoms with Gasteiger partial charge in [-0.25, -0.2) is 13.1 Å². The van der Waals surface area contributed by atoms with Crippen LogP contribution in [0.25, 0.3) is 0 Å². The third-order valence-corrected chi connectivity index (χ3v) is 5.20. The third-order valence-electron chi connectivity index (χ3n) is 2.55. The normalized spacial score (nSPS) is 11.3. The highest BCUT2D eigenvalue weighted by atomic mass is 35.5. The van der Waals surface area contributed by atoms with E-state index in [1.165, 1.54) is 42.5 Å². The third kappa shape index (κ3) is 4.53. The second kappa shape index (κ2) is 6.57. The van der Waals surface area contributed by atoms with E-state index in [4.69, 9.17) is 11.6 Å². The Bertz CT molecular complexity index is 739. The maximum atomic E-state index is 12.1. The van der Waals surface area contributed by atoms with Crippen molar-refractivity contribution < 1.29 is 13.2 Å². The molecule has 0 saturated heterocycles. The first-order valence-electron chi connectivity index (χ1n) is 5.98. The molecule has 2 aromatic rings. The Morgan fingerprint density at radius 1 is 1.19 bits per heavy atom. The molecule has 2 N–H and O–H groups in total. The smallest absolute Gasteiger partial charge is 0.240 e. The molecule has 0 aliphatic carbocycles. The summed E-state index contributed by atoms with van der Waals surface area (Å²) in [6, 6.07) is 9.45. The molecule has 0 bridgehead atoms. The highest BCUT2D eigenvalue weighted by Gasteiger charge is 2.14. The van der Waals surface area contributed by atoms with Gasteiger partial charge in [-0.3, -0.25) is 4.79 Å². The summed E-state index contributed by atoms with van der Waals surface area (Å²) in [7, 11) is -3.59. The van der Waals surface area contributed by atoms with Crippen molar-refractivity contribution in [3.63, 3.8) is 0 Å². The molecule has 8 heteroatoms. The minimum Gasteiger partial charge on any atom is -0.326 e. The van der Waals surface area contributed by atoms with E-state index in [1.807, 2.05) is 0 Å². The van der Waals surface area contributed by atoms with Crippen molar-refractivity contribution in [1.82, 2.24) is 4.72 Å². The number of halogens is 1. The topological polar surface area (TPSA) is 75.3 Å². The Kier molecular flexibility index (Phi) is 5.00. The van der Waals surface area contributed by atoms with Gasteiger partial charge in [0.1, 0.15) is 0 Å². The SMILES string of the molecule is CC(=O)Nc1ccc(S(=O)(=O)NCc2ccc(Cl)s2)cc1. The van der Waals surface area contributed by atoms with Gasteiger partial charge < -0.3 is 5.32 Å². The number of thiophene rings is 1. The minimum atomic E-state index is -3.59. The second-order valence-corrected chi connectivity index (χ2v) is 7.80. The quantitative estimate of drug-likeness (QED) is 0.875. The fourth-order valence-corrected chi connectivity index (χ4v) is 3.74. The summed E-state index contributed by atoms with van der Waals surface area (Å²) in [6.07, 6.45) is 0. The first-order valence-corrected chi connectivity index (χ1v) is 8.66. The summed E-state index contributed by atoms with van der Waals surface area (Å²) in [5.74, 6) is -0.210. The van der Waals surface area contributed by atoms with E-state index in [0.29, 0.717) is 10.0 Å². The molecule has 21 heavy (non-hydrogen) atoms. The molecular weight excluding hydrogens is 332 g/mol. The molecule has 112 valence electrons. The molecule has 1 heterocycles. The molecule has 0 unspecified atom stereocenters. The van der Waals surface area contributed by atoms with Crippen LogP contribution in [-0.4, -0.2) is 14.3 Å². The van der Waals surface area contributed by atoms with Gasteiger partial charge in [-0.05, 0) is 36.4 Å². The predicted molar refractivity (Wildman–Crippen MR) is 84.1 cm³/mol. The lowest BCUT2D eigenvalue weighted by atomic mass is 10.3. The number of sulfonamides is 1. The Morgan fingerprint density at radius 2 is 1.86 bits per heavy atom. The van der Waals surface area contributed by atoms with Crippen LogP contribution < -0.4 is 10.0 Å². The van der Waals surface area contributed by atoms with E-state index in [9.17, 15) is 13.2 Å².